The van der Waals surface area contributed by atoms with E-state index in [0.29, 0.717) is 18.9 Å². The average molecular weight is 280 g/mol. The molecule has 110 valence electrons. The van der Waals surface area contributed by atoms with Crippen molar-refractivity contribution in [3.63, 3.8) is 0 Å². The third-order valence-corrected chi connectivity index (χ3v) is 3.59. The number of nitrogens with one attached hydrogen (secondary N) is 1. The minimum atomic E-state index is -0.176. The molecule has 2 heterocycles. The molecule has 1 atom stereocenters. The number of hydrogen-bond donors (Lipinski definition) is 3. The summed E-state index contributed by atoms with van der Waals surface area (Å²) in [6.45, 7) is 4.86. The molecule has 1 aliphatic rings. The summed E-state index contributed by atoms with van der Waals surface area (Å²) in [5.41, 5.74) is 5.53. The van der Waals surface area contributed by atoms with Crippen LogP contribution < -0.4 is 16.2 Å². The van der Waals surface area contributed by atoms with Crippen molar-refractivity contribution < 1.29 is 5.21 Å². The van der Waals surface area contributed by atoms with Crippen molar-refractivity contribution in [3.05, 3.63) is 22.7 Å². The van der Waals surface area contributed by atoms with Crippen molar-refractivity contribution in [1.29, 1.82) is 0 Å². The van der Waals surface area contributed by atoms with Gasteiger partial charge in [-0.2, -0.15) is 0 Å². The number of amidine groups is 1. The van der Waals surface area contributed by atoms with Gasteiger partial charge in [-0.1, -0.05) is 12.1 Å². The number of oxime groups is 1. The third-order valence-electron chi connectivity index (χ3n) is 3.59. The molecule has 8 nitrogen and oxygen atoms in total. The molecule has 0 saturated carbocycles. The van der Waals surface area contributed by atoms with Crippen LogP contribution in [-0.4, -0.2) is 58.1 Å². The van der Waals surface area contributed by atoms with Crippen molar-refractivity contribution in [2.75, 3.05) is 31.1 Å². The van der Waals surface area contributed by atoms with E-state index < -0.39 is 0 Å². The molecule has 2 rings (SSSR count). The fourth-order valence-corrected chi connectivity index (χ4v) is 2.54. The average Bonchev–Trinajstić information content (AvgIpc) is 2.49. The molecule has 1 aromatic heterocycles. The number of piperazine rings is 1. The molecule has 4 N–H and O–H groups in total. The molecule has 1 unspecified atom stereocenters. The molecule has 1 aliphatic heterocycles. The highest BCUT2D eigenvalue weighted by Crippen LogP contribution is 2.12. The summed E-state index contributed by atoms with van der Waals surface area (Å²) >= 11 is 0. The van der Waals surface area contributed by atoms with E-state index in [2.05, 4.69) is 20.0 Å². The molecule has 0 aromatic carbocycles. The van der Waals surface area contributed by atoms with Gasteiger partial charge in [0, 0.05) is 38.6 Å². The van der Waals surface area contributed by atoms with Gasteiger partial charge in [0.2, 0.25) is 0 Å². The number of H-pyrrole nitrogens is 1. The number of aromatic amines is 1. The van der Waals surface area contributed by atoms with Gasteiger partial charge >= 0.3 is 0 Å². The van der Waals surface area contributed by atoms with Gasteiger partial charge in [-0.3, -0.25) is 9.69 Å². The Labute approximate surface area is 116 Å². The van der Waals surface area contributed by atoms with E-state index in [9.17, 15) is 4.79 Å². The summed E-state index contributed by atoms with van der Waals surface area (Å²) in [4.78, 5) is 22.5. The van der Waals surface area contributed by atoms with E-state index >= 15 is 0 Å². The van der Waals surface area contributed by atoms with Crippen LogP contribution in [0.25, 0.3) is 0 Å². The Balaban J connectivity index is 2.02. The Kier molecular flexibility index (Phi) is 4.57. The van der Waals surface area contributed by atoms with Crippen molar-refractivity contribution in [3.8, 4) is 0 Å². The fourth-order valence-electron chi connectivity index (χ4n) is 2.54. The SMILES string of the molecule is CCC(/C(N)=N/O)N1CCN(c2ncc[nH]c2=O)CC1. The number of nitrogens with zero attached hydrogens (tertiary/aromatic N) is 4. The summed E-state index contributed by atoms with van der Waals surface area (Å²) in [5, 5.41) is 11.9. The lowest BCUT2D eigenvalue weighted by atomic mass is 10.1. The van der Waals surface area contributed by atoms with E-state index in [4.69, 9.17) is 10.9 Å². The van der Waals surface area contributed by atoms with E-state index in [1.807, 2.05) is 11.8 Å². The Hall–Kier alpha value is -2.09. The van der Waals surface area contributed by atoms with Gasteiger partial charge in [0.05, 0.1) is 6.04 Å². The topological polar surface area (TPSA) is 111 Å². The first kappa shape index (κ1) is 14.3. The lowest BCUT2D eigenvalue weighted by molar-refractivity contribution is 0.215. The maximum atomic E-state index is 11.7. The van der Waals surface area contributed by atoms with Crippen LogP contribution in [0.2, 0.25) is 0 Å². The second-order valence-corrected chi connectivity index (χ2v) is 4.71. The molecule has 0 bridgehead atoms. The van der Waals surface area contributed by atoms with Crippen LogP contribution in [0.4, 0.5) is 5.82 Å². The molecular weight excluding hydrogens is 260 g/mol. The van der Waals surface area contributed by atoms with Crippen LogP contribution in [0.15, 0.2) is 22.3 Å². The molecule has 1 fully saturated rings. The van der Waals surface area contributed by atoms with Gasteiger partial charge < -0.3 is 20.8 Å². The van der Waals surface area contributed by atoms with Gasteiger partial charge in [0.25, 0.3) is 5.56 Å². The van der Waals surface area contributed by atoms with Crippen molar-refractivity contribution >= 4 is 11.7 Å². The van der Waals surface area contributed by atoms with Crippen molar-refractivity contribution in [1.82, 2.24) is 14.9 Å². The number of aromatic nitrogens is 2. The Morgan fingerprint density at radius 3 is 2.80 bits per heavy atom. The number of nitrogens with two attached hydrogens (primary N) is 1. The van der Waals surface area contributed by atoms with Crippen LogP contribution in [0.3, 0.4) is 0 Å². The highest BCUT2D eigenvalue weighted by Gasteiger charge is 2.26. The highest BCUT2D eigenvalue weighted by atomic mass is 16.4. The predicted octanol–water partition coefficient (Wildman–Crippen LogP) is -0.583. The van der Waals surface area contributed by atoms with Gasteiger partial charge in [-0.15, -0.1) is 0 Å². The molecule has 20 heavy (non-hydrogen) atoms. The summed E-state index contributed by atoms with van der Waals surface area (Å²) in [6.07, 6.45) is 3.88. The second-order valence-electron chi connectivity index (χ2n) is 4.71. The van der Waals surface area contributed by atoms with Crippen LogP contribution in [0.1, 0.15) is 13.3 Å². The number of rotatable bonds is 4. The lowest BCUT2D eigenvalue weighted by Crippen LogP contribution is -2.54. The van der Waals surface area contributed by atoms with Gasteiger partial charge in [0.1, 0.15) is 0 Å². The maximum absolute atomic E-state index is 11.7. The van der Waals surface area contributed by atoms with Crippen LogP contribution in [0, 0.1) is 0 Å². The molecule has 8 heteroatoms. The van der Waals surface area contributed by atoms with Crippen LogP contribution in [0.5, 0.6) is 0 Å². The molecule has 0 radical (unpaired) electrons. The minimum Gasteiger partial charge on any atom is -0.409 e. The molecule has 0 spiro atoms. The predicted molar refractivity (Wildman–Crippen MR) is 76.1 cm³/mol. The van der Waals surface area contributed by atoms with E-state index in [-0.39, 0.29) is 17.4 Å². The monoisotopic (exact) mass is 280 g/mol. The van der Waals surface area contributed by atoms with Crippen LogP contribution >= 0.6 is 0 Å². The quantitative estimate of drug-likeness (QED) is 0.294. The molecule has 1 saturated heterocycles. The lowest BCUT2D eigenvalue weighted by Gasteiger charge is -2.38. The number of anilines is 1. The number of hydrogen-bond acceptors (Lipinski definition) is 6. The Morgan fingerprint density at radius 1 is 1.55 bits per heavy atom. The first-order chi connectivity index (χ1) is 9.67. The molecule has 1 aromatic rings. The summed E-state index contributed by atoms with van der Waals surface area (Å²) in [6, 6.07) is -0.0656. The molecule has 0 aliphatic carbocycles. The first-order valence-electron chi connectivity index (χ1n) is 6.67. The third kappa shape index (κ3) is 2.90. The maximum Gasteiger partial charge on any atom is 0.290 e. The Morgan fingerprint density at radius 2 is 2.25 bits per heavy atom. The van der Waals surface area contributed by atoms with Crippen molar-refractivity contribution in [2.45, 2.75) is 19.4 Å². The van der Waals surface area contributed by atoms with E-state index in [0.717, 1.165) is 19.5 Å². The summed E-state index contributed by atoms with van der Waals surface area (Å²) in [7, 11) is 0. The van der Waals surface area contributed by atoms with E-state index in [1.165, 1.54) is 6.20 Å². The summed E-state index contributed by atoms with van der Waals surface area (Å²) < 4.78 is 0. The fraction of sp³-hybridized carbons (Fsp3) is 0.583. The minimum absolute atomic E-state index is 0.0656. The van der Waals surface area contributed by atoms with E-state index in [1.54, 1.807) is 6.20 Å². The van der Waals surface area contributed by atoms with Gasteiger partial charge in [0.15, 0.2) is 11.7 Å². The highest BCUT2D eigenvalue weighted by molar-refractivity contribution is 5.85. The molecule has 0 amide bonds. The smallest absolute Gasteiger partial charge is 0.290 e. The zero-order chi connectivity index (χ0) is 14.5. The zero-order valence-corrected chi connectivity index (χ0v) is 11.5. The second kappa shape index (κ2) is 6.38. The standard InChI is InChI=1S/C12H20N6O2/c1-2-9(10(13)16-20)17-5-7-18(8-6-17)11-12(19)15-4-3-14-11/h3-4,9,20H,2,5-8H2,1H3,(H2,13,16)(H,15,19). The van der Waals surface area contributed by atoms with Crippen LogP contribution in [-0.2, 0) is 0 Å². The van der Waals surface area contributed by atoms with Crippen molar-refractivity contribution in [2.24, 2.45) is 10.9 Å². The Bertz CT molecular complexity index is 521. The first-order valence-corrected chi connectivity index (χ1v) is 6.67. The largest absolute Gasteiger partial charge is 0.409 e. The van der Waals surface area contributed by atoms with Gasteiger partial charge in [-0.25, -0.2) is 4.98 Å². The van der Waals surface area contributed by atoms with Gasteiger partial charge in [-0.05, 0) is 6.42 Å². The summed E-state index contributed by atoms with van der Waals surface area (Å²) in [5.74, 6) is 0.681. The normalized spacial score (nSPS) is 19.1. The zero-order valence-electron chi connectivity index (χ0n) is 11.5. The molecular formula is C12H20N6O2.